The van der Waals surface area contributed by atoms with Crippen molar-refractivity contribution in [3.05, 3.63) is 20.3 Å². The van der Waals surface area contributed by atoms with Crippen LogP contribution in [0.25, 0.3) is 0 Å². The van der Waals surface area contributed by atoms with Gasteiger partial charge in [-0.3, -0.25) is 0 Å². The Morgan fingerprint density at radius 1 is 1.41 bits per heavy atom. The van der Waals surface area contributed by atoms with Crippen LogP contribution >= 0.6 is 27.3 Å². The van der Waals surface area contributed by atoms with Gasteiger partial charge < -0.3 is 5.32 Å². The predicted molar refractivity (Wildman–Crippen MR) is 79.6 cm³/mol. The van der Waals surface area contributed by atoms with E-state index in [1.165, 1.54) is 46.3 Å². The molecule has 1 saturated carbocycles. The van der Waals surface area contributed by atoms with E-state index in [2.05, 4.69) is 41.2 Å². The molecule has 1 unspecified atom stereocenters. The lowest BCUT2D eigenvalue weighted by Crippen LogP contribution is -2.33. The highest BCUT2D eigenvalue weighted by Crippen LogP contribution is 2.28. The molecule has 0 spiro atoms. The van der Waals surface area contributed by atoms with E-state index in [0.29, 0.717) is 6.04 Å². The van der Waals surface area contributed by atoms with Crippen LogP contribution in [0.2, 0.25) is 0 Å². The summed E-state index contributed by atoms with van der Waals surface area (Å²) in [7, 11) is 0. The topological polar surface area (TPSA) is 12.0 Å². The SMILES string of the molecule is Cc1sc(CNC(C)C2CCCCC2)cc1Br. The van der Waals surface area contributed by atoms with Gasteiger partial charge in [0.05, 0.1) is 0 Å². The van der Waals surface area contributed by atoms with Gasteiger partial charge in [0, 0.05) is 26.8 Å². The van der Waals surface area contributed by atoms with Gasteiger partial charge >= 0.3 is 0 Å². The van der Waals surface area contributed by atoms with Gasteiger partial charge in [0.2, 0.25) is 0 Å². The molecule has 0 saturated heterocycles. The molecule has 0 aromatic carbocycles. The van der Waals surface area contributed by atoms with Crippen LogP contribution in [0.4, 0.5) is 0 Å². The third-order valence-electron chi connectivity index (χ3n) is 3.86. The molecule has 0 aliphatic heterocycles. The van der Waals surface area contributed by atoms with Crippen molar-refractivity contribution in [3.8, 4) is 0 Å². The number of nitrogens with one attached hydrogen (secondary N) is 1. The van der Waals surface area contributed by atoms with E-state index in [4.69, 9.17) is 0 Å². The molecule has 1 heterocycles. The van der Waals surface area contributed by atoms with E-state index in [0.717, 1.165) is 12.5 Å². The zero-order valence-electron chi connectivity index (χ0n) is 10.8. The maximum atomic E-state index is 3.70. The Labute approximate surface area is 117 Å². The number of hydrogen-bond acceptors (Lipinski definition) is 2. The van der Waals surface area contributed by atoms with Crippen molar-refractivity contribution in [2.75, 3.05) is 0 Å². The van der Waals surface area contributed by atoms with Crippen LogP contribution in [0.3, 0.4) is 0 Å². The second-order valence-electron chi connectivity index (χ2n) is 5.18. The Morgan fingerprint density at radius 2 is 2.12 bits per heavy atom. The summed E-state index contributed by atoms with van der Waals surface area (Å²) in [6.45, 7) is 5.54. The smallest absolute Gasteiger partial charge is 0.0314 e. The standard InChI is InChI=1S/C14H22BrNS/c1-10(12-6-4-3-5-7-12)16-9-13-8-14(15)11(2)17-13/h8,10,12,16H,3-7,9H2,1-2H3. The van der Waals surface area contributed by atoms with Gasteiger partial charge in [0.1, 0.15) is 0 Å². The van der Waals surface area contributed by atoms with Gasteiger partial charge in [0.25, 0.3) is 0 Å². The largest absolute Gasteiger partial charge is 0.309 e. The second-order valence-corrected chi connectivity index (χ2v) is 7.38. The maximum Gasteiger partial charge on any atom is 0.0314 e. The first kappa shape index (κ1) is 13.6. The van der Waals surface area contributed by atoms with Crippen LogP contribution in [-0.2, 0) is 6.54 Å². The molecular weight excluding hydrogens is 294 g/mol. The molecule has 1 atom stereocenters. The average molecular weight is 316 g/mol. The highest BCUT2D eigenvalue weighted by molar-refractivity contribution is 9.10. The van der Waals surface area contributed by atoms with Gasteiger partial charge in [-0.05, 0) is 54.6 Å². The summed E-state index contributed by atoms with van der Waals surface area (Å²) in [4.78, 5) is 2.82. The number of halogens is 1. The summed E-state index contributed by atoms with van der Waals surface area (Å²) in [5, 5.41) is 3.70. The summed E-state index contributed by atoms with van der Waals surface area (Å²) in [6.07, 6.45) is 7.14. The molecule has 1 aliphatic rings. The fraction of sp³-hybridized carbons (Fsp3) is 0.714. The molecule has 1 aromatic rings. The summed E-state index contributed by atoms with van der Waals surface area (Å²) in [5.41, 5.74) is 0. The van der Waals surface area contributed by atoms with Gasteiger partial charge in [0.15, 0.2) is 0 Å². The van der Waals surface area contributed by atoms with Crippen molar-refractivity contribution in [2.45, 2.75) is 58.5 Å². The van der Waals surface area contributed by atoms with Crippen LogP contribution in [0.15, 0.2) is 10.5 Å². The van der Waals surface area contributed by atoms with E-state index in [-0.39, 0.29) is 0 Å². The molecule has 1 N–H and O–H groups in total. The molecule has 1 aliphatic carbocycles. The van der Waals surface area contributed by atoms with Crippen molar-refractivity contribution in [1.82, 2.24) is 5.32 Å². The highest BCUT2D eigenvalue weighted by atomic mass is 79.9. The van der Waals surface area contributed by atoms with Crippen molar-refractivity contribution in [3.63, 3.8) is 0 Å². The van der Waals surface area contributed by atoms with E-state index in [1.54, 1.807) is 0 Å². The van der Waals surface area contributed by atoms with Crippen LogP contribution in [0.5, 0.6) is 0 Å². The van der Waals surface area contributed by atoms with Gasteiger partial charge in [-0.2, -0.15) is 0 Å². The van der Waals surface area contributed by atoms with Crippen LogP contribution in [0, 0.1) is 12.8 Å². The molecule has 17 heavy (non-hydrogen) atoms. The number of aryl methyl sites for hydroxylation is 1. The first-order chi connectivity index (χ1) is 8.16. The zero-order chi connectivity index (χ0) is 12.3. The van der Waals surface area contributed by atoms with Gasteiger partial charge in [-0.15, -0.1) is 11.3 Å². The molecule has 1 fully saturated rings. The predicted octanol–water partition coefficient (Wildman–Crippen LogP) is 4.88. The van der Waals surface area contributed by atoms with Crippen LogP contribution < -0.4 is 5.32 Å². The second kappa shape index (κ2) is 6.35. The zero-order valence-corrected chi connectivity index (χ0v) is 13.2. The number of thiophene rings is 1. The molecule has 1 nitrogen and oxygen atoms in total. The van der Waals surface area contributed by atoms with Gasteiger partial charge in [-0.25, -0.2) is 0 Å². The number of rotatable bonds is 4. The molecule has 0 amide bonds. The van der Waals surface area contributed by atoms with Crippen molar-refractivity contribution in [1.29, 1.82) is 0 Å². The van der Waals surface area contributed by atoms with Crippen molar-refractivity contribution >= 4 is 27.3 Å². The average Bonchev–Trinajstić information content (AvgIpc) is 2.67. The lowest BCUT2D eigenvalue weighted by molar-refractivity contribution is 0.281. The third kappa shape index (κ3) is 3.80. The normalized spacial score (nSPS) is 19.5. The lowest BCUT2D eigenvalue weighted by atomic mass is 9.84. The Kier molecular flexibility index (Phi) is 5.07. The van der Waals surface area contributed by atoms with Gasteiger partial charge in [-0.1, -0.05) is 19.3 Å². The molecule has 96 valence electrons. The number of hydrogen-bond donors (Lipinski definition) is 1. The van der Waals surface area contributed by atoms with Crippen LogP contribution in [0.1, 0.15) is 48.8 Å². The molecule has 2 rings (SSSR count). The summed E-state index contributed by atoms with van der Waals surface area (Å²) in [5.74, 6) is 0.897. The van der Waals surface area contributed by atoms with E-state index in [9.17, 15) is 0 Å². The summed E-state index contributed by atoms with van der Waals surface area (Å²) in [6, 6.07) is 2.91. The third-order valence-corrected chi connectivity index (χ3v) is 6.00. The Bertz CT molecular complexity index is 336. The van der Waals surface area contributed by atoms with Crippen molar-refractivity contribution in [2.24, 2.45) is 5.92 Å². The first-order valence-electron chi connectivity index (χ1n) is 6.65. The fourth-order valence-electron chi connectivity index (χ4n) is 2.67. The monoisotopic (exact) mass is 315 g/mol. The molecule has 0 bridgehead atoms. The molecule has 0 radical (unpaired) electrons. The van der Waals surface area contributed by atoms with Crippen LogP contribution in [-0.4, -0.2) is 6.04 Å². The molecule has 1 aromatic heterocycles. The minimum absolute atomic E-state index is 0.663. The first-order valence-corrected chi connectivity index (χ1v) is 8.26. The Morgan fingerprint density at radius 3 is 2.71 bits per heavy atom. The summed E-state index contributed by atoms with van der Waals surface area (Å²) < 4.78 is 1.25. The lowest BCUT2D eigenvalue weighted by Gasteiger charge is -2.28. The minimum atomic E-state index is 0.663. The Balaban J connectivity index is 1.80. The van der Waals surface area contributed by atoms with Crippen molar-refractivity contribution < 1.29 is 0 Å². The quantitative estimate of drug-likeness (QED) is 0.835. The fourth-order valence-corrected chi connectivity index (χ4v) is 4.22. The minimum Gasteiger partial charge on any atom is -0.309 e. The van der Waals surface area contributed by atoms with E-state index in [1.807, 2.05) is 11.3 Å². The molecular formula is C14H22BrNS. The van der Waals surface area contributed by atoms with E-state index < -0.39 is 0 Å². The van der Waals surface area contributed by atoms with E-state index >= 15 is 0 Å². The maximum absolute atomic E-state index is 3.70. The summed E-state index contributed by atoms with van der Waals surface area (Å²) >= 11 is 5.48. The molecule has 3 heteroatoms. The highest BCUT2D eigenvalue weighted by Gasteiger charge is 2.19. The Hall–Kier alpha value is 0.140.